The lowest BCUT2D eigenvalue weighted by Gasteiger charge is -2.18. The van der Waals surface area contributed by atoms with E-state index >= 15 is 0 Å². The van der Waals surface area contributed by atoms with Gasteiger partial charge in [0.1, 0.15) is 0 Å². The fraction of sp³-hybridized carbons (Fsp3) is 0.368. The van der Waals surface area contributed by atoms with Gasteiger partial charge in [0.25, 0.3) is 0 Å². The molecule has 1 unspecified atom stereocenters. The monoisotopic (exact) mass is 360 g/mol. The van der Waals surface area contributed by atoms with Crippen LogP contribution in [0.3, 0.4) is 0 Å². The van der Waals surface area contributed by atoms with Crippen molar-refractivity contribution in [3.05, 3.63) is 59.7 Å². The minimum absolute atomic E-state index is 0.210. The van der Waals surface area contributed by atoms with E-state index in [1.165, 1.54) is 17.4 Å². The molecule has 0 saturated carbocycles. The molecule has 0 radical (unpaired) electrons. The highest BCUT2D eigenvalue weighted by atomic mass is 32.2. The summed E-state index contributed by atoms with van der Waals surface area (Å²) < 4.78 is 23.0. The van der Waals surface area contributed by atoms with Crippen LogP contribution in [-0.2, 0) is 22.9 Å². The van der Waals surface area contributed by atoms with Gasteiger partial charge in [-0.1, -0.05) is 24.3 Å². The Hall–Kier alpha value is -1.89. The van der Waals surface area contributed by atoms with Gasteiger partial charge < -0.3 is 10.4 Å². The third-order valence-corrected chi connectivity index (χ3v) is 5.65. The van der Waals surface area contributed by atoms with Crippen LogP contribution in [0.1, 0.15) is 17.5 Å². The summed E-state index contributed by atoms with van der Waals surface area (Å²) in [4.78, 5) is 2.59. The molecule has 1 saturated heterocycles. The van der Waals surface area contributed by atoms with Crippen LogP contribution in [0, 0.1) is 0 Å². The largest absolute Gasteiger partial charge is 0.392 e. The standard InChI is InChI=1S/C19H24N2O3S/c1-25(23,24)19-8-6-17(7-9-19)20-12-15-4-2-3-5-16(15)13-21-11-10-18(22)14-21/h2-9,18,20,22H,10-14H2,1H3. The Kier molecular flexibility index (Phi) is 5.42. The molecule has 0 bridgehead atoms. The van der Waals surface area contributed by atoms with Crippen molar-refractivity contribution >= 4 is 15.5 Å². The highest BCUT2D eigenvalue weighted by Crippen LogP contribution is 2.19. The molecule has 2 aromatic carbocycles. The second-order valence-electron chi connectivity index (χ2n) is 6.60. The zero-order chi connectivity index (χ0) is 17.9. The van der Waals surface area contributed by atoms with Gasteiger partial charge in [-0.05, 0) is 41.8 Å². The van der Waals surface area contributed by atoms with E-state index in [-0.39, 0.29) is 6.10 Å². The van der Waals surface area contributed by atoms with E-state index < -0.39 is 9.84 Å². The Morgan fingerprint density at radius 3 is 2.40 bits per heavy atom. The van der Waals surface area contributed by atoms with Crippen LogP contribution < -0.4 is 5.32 Å². The van der Waals surface area contributed by atoms with E-state index in [4.69, 9.17) is 0 Å². The maximum Gasteiger partial charge on any atom is 0.175 e. The molecule has 0 spiro atoms. The van der Waals surface area contributed by atoms with Crippen molar-refractivity contribution in [1.82, 2.24) is 4.90 Å². The summed E-state index contributed by atoms with van der Waals surface area (Å²) in [5, 5.41) is 13.0. The molecule has 0 aromatic heterocycles. The van der Waals surface area contributed by atoms with Gasteiger partial charge in [-0.3, -0.25) is 4.90 Å². The van der Waals surface area contributed by atoms with Crippen molar-refractivity contribution in [1.29, 1.82) is 0 Å². The first-order valence-electron chi connectivity index (χ1n) is 8.43. The number of nitrogens with zero attached hydrogens (tertiary/aromatic N) is 1. The van der Waals surface area contributed by atoms with Crippen LogP contribution in [-0.4, -0.2) is 43.9 Å². The zero-order valence-corrected chi connectivity index (χ0v) is 15.2. The molecule has 1 aliphatic rings. The molecule has 134 valence electrons. The number of likely N-dealkylation sites (tertiary alicyclic amines) is 1. The van der Waals surface area contributed by atoms with E-state index in [1.807, 2.05) is 12.1 Å². The summed E-state index contributed by atoms with van der Waals surface area (Å²) in [5.74, 6) is 0. The first kappa shape index (κ1) is 17.9. The third-order valence-electron chi connectivity index (χ3n) is 4.53. The second kappa shape index (κ2) is 7.56. The van der Waals surface area contributed by atoms with Crippen LogP contribution >= 0.6 is 0 Å². The number of benzene rings is 2. The van der Waals surface area contributed by atoms with Crippen molar-refractivity contribution < 1.29 is 13.5 Å². The summed E-state index contributed by atoms with van der Waals surface area (Å²) in [6.07, 6.45) is 1.84. The lowest BCUT2D eigenvalue weighted by Crippen LogP contribution is -2.22. The SMILES string of the molecule is CS(=O)(=O)c1ccc(NCc2ccccc2CN2CCC(O)C2)cc1. The molecule has 2 aromatic rings. The van der Waals surface area contributed by atoms with Gasteiger partial charge in [-0.2, -0.15) is 0 Å². The third kappa shape index (κ3) is 4.81. The number of β-amino-alcohol motifs (C(OH)–C–C–N with tert-alkyl or cyclic N) is 1. The first-order chi connectivity index (χ1) is 11.9. The molecule has 1 heterocycles. The van der Waals surface area contributed by atoms with Gasteiger partial charge in [0.05, 0.1) is 11.0 Å². The van der Waals surface area contributed by atoms with Crippen LogP contribution in [0.4, 0.5) is 5.69 Å². The zero-order valence-electron chi connectivity index (χ0n) is 14.4. The average Bonchev–Trinajstić information content (AvgIpc) is 2.99. The lowest BCUT2D eigenvalue weighted by molar-refractivity contribution is 0.174. The van der Waals surface area contributed by atoms with Gasteiger partial charge in [0.2, 0.25) is 0 Å². The first-order valence-corrected chi connectivity index (χ1v) is 10.3. The molecular weight excluding hydrogens is 336 g/mol. The van der Waals surface area contributed by atoms with Crippen molar-refractivity contribution in [3.63, 3.8) is 0 Å². The Balaban J connectivity index is 1.65. The predicted molar refractivity (Wildman–Crippen MR) is 99.2 cm³/mol. The fourth-order valence-electron chi connectivity index (χ4n) is 3.10. The summed E-state index contributed by atoms with van der Waals surface area (Å²) in [5.41, 5.74) is 3.34. The average molecular weight is 360 g/mol. The minimum atomic E-state index is -3.17. The summed E-state index contributed by atoms with van der Waals surface area (Å²) >= 11 is 0. The van der Waals surface area contributed by atoms with Crippen molar-refractivity contribution in [2.45, 2.75) is 30.5 Å². The normalized spacial score (nSPS) is 18.4. The van der Waals surface area contributed by atoms with E-state index in [9.17, 15) is 13.5 Å². The maximum atomic E-state index is 11.5. The Labute approximate surface area is 149 Å². The molecule has 1 atom stereocenters. The van der Waals surface area contributed by atoms with Crippen LogP contribution in [0.2, 0.25) is 0 Å². The van der Waals surface area contributed by atoms with E-state index in [0.29, 0.717) is 11.4 Å². The molecule has 0 aliphatic carbocycles. The van der Waals surface area contributed by atoms with Gasteiger partial charge in [-0.25, -0.2) is 8.42 Å². The molecule has 25 heavy (non-hydrogen) atoms. The Morgan fingerprint density at radius 2 is 1.80 bits per heavy atom. The molecule has 5 nitrogen and oxygen atoms in total. The number of rotatable bonds is 6. The fourth-order valence-corrected chi connectivity index (χ4v) is 3.73. The van der Waals surface area contributed by atoms with Crippen LogP contribution in [0.15, 0.2) is 53.4 Å². The molecular formula is C19H24N2O3S. The number of hydrogen-bond donors (Lipinski definition) is 2. The highest BCUT2D eigenvalue weighted by molar-refractivity contribution is 7.90. The molecule has 2 N–H and O–H groups in total. The van der Waals surface area contributed by atoms with Crippen molar-refractivity contribution in [3.8, 4) is 0 Å². The van der Waals surface area contributed by atoms with Crippen LogP contribution in [0.5, 0.6) is 0 Å². The van der Waals surface area contributed by atoms with Gasteiger partial charge in [-0.15, -0.1) is 0 Å². The number of aliphatic hydroxyl groups excluding tert-OH is 1. The smallest absolute Gasteiger partial charge is 0.175 e. The minimum Gasteiger partial charge on any atom is -0.392 e. The maximum absolute atomic E-state index is 11.5. The number of hydrogen-bond acceptors (Lipinski definition) is 5. The summed E-state index contributed by atoms with van der Waals surface area (Å²) in [7, 11) is -3.17. The Morgan fingerprint density at radius 1 is 1.12 bits per heavy atom. The summed E-state index contributed by atoms with van der Waals surface area (Å²) in [6.45, 7) is 3.16. The number of nitrogens with one attached hydrogen (secondary N) is 1. The number of sulfone groups is 1. The predicted octanol–water partition coefficient (Wildman–Crippen LogP) is 2.27. The van der Waals surface area contributed by atoms with E-state index in [0.717, 1.165) is 31.7 Å². The number of anilines is 1. The molecule has 1 fully saturated rings. The molecule has 0 amide bonds. The van der Waals surface area contributed by atoms with E-state index in [2.05, 4.69) is 22.3 Å². The summed E-state index contributed by atoms with van der Waals surface area (Å²) in [6, 6.07) is 15.1. The van der Waals surface area contributed by atoms with Gasteiger partial charge in [0.15, 0.2) is 9.84 Å². The van der Waals surface area contributed by atoms with E-state index in [1.54, 1.807) is 24.3 Å². The topological polar surface area (TPSA) is 69.6 Å². The Bertz CT molecular complexity index is 819. The lowest BCUT2D eigenvalue weighted by atomic mass is 10.1. The molecule has 3 rings (SSSR count). The van der Waals surface area contributed by atoms with Crippen molar-refractivity contribution in [2.75, 3.05) is 24.7 Å². The van der Waals surface area contributed by atoms with Crippen molar-refractivity contribution in [2.24, 2.45) is 0 Å². The number of aliphatic hydroxyl groups is 1. The quantitative estimate of drug-likeness (QED) is 0.827. The molecule has 1 aliphatic heterocycles. The van der Waals surface area contributed by atoms with Crippen LogP contribution in [0.25, 0.3) is 0 Å². The highest BCUT2D eigenvalue weighted by Gasteiger charge is 2.20. The van der Waals surface area contributed by atoms with Gasteiger partial charge in [0, 0.05) is 38.1 Å². The second-order valence-corrected chi connectivity index (χ2v) is 8.61. The molecule has 6 heteroatoms. The van der Waals surface area contributed by atoms with Gasteiger partial charge >= 0.3 is 0 Å².